The Morgan fingerprint density at radius 3 is 2.00 bits per heavy atom. The highest BCUT2D eigenvalue weighted by Gasteiger charge is 2.72. The van der Waals surface area contributed by atoms with Gasteiger partial charge in [-0.25, -0.2) is 0 Å². The normalized spacial score (nSPS) is 37.8. The summed E-state index contributed by atoms with van der Waals surface area (Å²) in [4.78, 5) is 57.4. The van der Waals surface area contributed by atoms with E-state index in [1.54, 1.807) is 0 Å². The van der Waals surface area contributed by atoms with Gasteiger partial charge in [-0.1, -0.05) is 120 Å². The summed E-state index contributed by atoms with van der Waals surface area (Å²) in [7, 11) is -1.46. The molecule has 320 valence electrons. The molecular formula is C51H71NO6Si. The number of amides is 1. The molecule has 0 unspecified atom stereocenters. The number of benzene rings is 2. The van der Waals surface area contributed by atoms with Crippen LogP contribution >= 0.6 is 0 Å². The van der Waals surface area contributed by atoms with E-state index < -0.39 is 30.4 Å². The van der Waals surface area contributed by atoms with Crippen molar-refractivity contribution in [3.05, 3.63) is 83.4 Å². The van der Waals surface area contributed by atoms with Crippen molar-refractivity contribution in [2.24, 2.45) is 50.2 Å². The predicted molar refractivity (Wildman–Crippen MR) is 236 cm³/mol. The first-order chi connectivity index (χ1) is 27.7. The smallest absolute Gasteiger partial charge is 0.314 e. The van der Waals surface area contributed by atoms with Crippen LogP contribution in [0, 0.1) is 50.2 Å². The number of rotatable bonds is 10. The van der Waals surface area contributed by atoms with Crippen LogP contribution in [-0.2, 0) is 28.7 Å². The zero-order valence-electron chi connectivity index (χ0n) is 37.7. The number of ether oxygens (including phenoxy) is 2. The molecule has 0 spiro atoms. The summed E-state index contributed by atoms with van der Waals surface area (Å²) in [5.74, 6) is -0.629. The Kier molecular flexibility index (Phi) is 11.4. The Morgan fingerprint density at radius 1 is 0.797 bits per heavy atom. The number of fused-ring (bicyclic) bond motifs is 7. The molecule has 5 aliphatic carbocycles. The molecule has 7 nitrogen and oxygen atoms in total. The Labute approximate surface area is 355 Å². The third-order valence-corrected chi connectivity index (χ3v) is 19.1. The van der Waals surface area contributed by atoms with Crippen LogP contribution in [0.5, 0.6) is 0 Å². The molecule has 0 radical (unpaired) electrons. The molecule has 1 N–H and O–H groups in total. The summed E-state index contributed by atoms with van der Waals surface area (Å²) in [6.45, 7) is 22.7. The van der Waals surface area contributed by atoms with Gasteiger partial charge in [0.05, 0.1) is 17.4 Å². The van der Waals surface area contributed by atoms with Crippen molar-refractivity contribution in [3.63, 3.8) is 0 Å². The van der Waals surface area contributed by atoms with Gasteiger partial charge in [0.15, 0.2) is 11.9 Å². The lowest BCUT2D eigenvalue weighted by Crippen LogP contribution is -2.69. The van der Waals surface area contributed by atoms with Crippen LogP contribution in [-0.4, -0.2) is 44.4 Å². The van der Waals surface area contributed by atoms with Gasteiger partial charge < -0.3 is 14.8 Å². The number of hydrogen-bond donors (Lipinski definition) is 1. The van der Waals surface area contributed by atoms with E-state index in [4.69, 9.17) is 9.47 Å². The van der Waals surface area contributed by atoms with Crippen molar-refractivity contribution in [1.29, 1.82) is 0 Å². The highest BCUT2D eigenvalue weighted by molar-refractivity contribution is 6.76. The number of esters is 2. The topological polar surface area (TPSA) is 98.8 Å². The summed E-state index contributed by atoms with van der Waals surface area (Å²) in [5.41, 5.74) is 0.354. The monoisotopic (exact) mass is 822 g/mol. The molecule has 0 aromatic heterocycles. The minimum atomic E-state index is -1.46. The average Bonchev–Trinajstić information content (AvgIpc) is 3.19. The Balaban J connectivity index is 1.21. The maximum atomic E-state index is 15.2. The first-order valence-electron chi connectivity index (χ1n) is 22.7. The second kappa shape index (κ2) is 15.4. The second-order valence-electron chi connectivity index (χ2n) is 22.1. The zero-order valence-corrected chi connectivity index (χ0v) is 38.7. The van der Waals surface area contributed by atoms with E-state index >= 15 is 4.79 Å². The summed E-state index contributed by atoms with van der Waals surface area (Å²) in [5, 5.41) is 3.26. The Hall–Kier alpha value is -3.52. The quantitative estimate of drug-likeness (QED) is 0.189. The molecule has 0 bridgehead atoms. The largest absolute Gasteiger partial charge is 0.466 e. The van der Waals surface area contributed by atoms with Gasteiger partial charge in [-0.3, -0.25) is 19.2 Å². The van der Waals surface area contributed by atoms with Gasteiger partial charge in [-0.15, -0.1) is 0 Å². The van der Waals surface area contributed by atoms with Crippen molar-refractivity contribution in [3.8, 4) is 0 Å². The summed E-state index contributed by atoms with van der Waals surface area (Å²) in [6, 6.07) is 20.5. The number of carbonyl (C=O) groups excluding carboxylic acids is 4. The van der Waals surface area contributed by atoms with E-state index in [0.29, 0.717) is 25.9 Å². The van der Waals surface area contributed by atoms with E-state index in [0.717, 1.165) is 62.1 Å². The third kappa shape index (κ3) is 7.29. The molecule has 10 atom stereocenters. The summed E-state index contributed by atoms with van der Waals surface area (Å²) in [6.07, 6.45) is 9.16. The lowest BCUT2D eigenvalue weighted by Gasteiger charge is -2.70. The fourth-order valence-electron chi connectivity index (χ4n) is 13.3. The average molecular weight is 822 g/mol. The first kappa shape index (κ1) is 43.6. The molecule has 0 heterocycles. The van der Waals surface area contributed by atoms with Crippen LogP contribution in [0.15, 0.2) is 72.3 Å². The molecule has 0 aliphatic heterocycles. The van der Waals surface area contributed by atoms with Crippen LogP contribution in [0.4, 0.5) is 0 Å². The standard InChI is InChI=1S/C51H71NO6Si/c1-11-41(54)52-40-23-24-48(4)39(51(40,7)45(56)57-30-31-59(8,9)10)22-25-50(6)43(48)38(53)32-36-37-33-47(3,27-26-46(37,2)28-29-49(36,50)5)44(55)58-42(34-18-14-12-15-19-34)35-20-16-13-17-21-35/h12-21,32,37,39-40,42-43H,11,22-31,33H2,1-10H3,(H,52,54)/t37-,39+,40-,43+,46+,47-,48-,49+,50+,51-/m0/s1. The molecule has 4 saturated carbocycles. The molecule has 8 heteroatoms. The molecule has 59 heavy (non-hydrogen) atoms. The molecule has 5 aliphatic rings. The van der Waals surface area contributed by atoms with Gasteiger partial charge in [-0.2, -0.15) is 0 Å². The van der Waals surface area contributed by atoms with Gasteiger partial charge in [0.2, 0.25) is 5.91 Å². The van der Waals surface area contributed by atoms with E-state index in [1.807, 2.05) is 80.6 Å². The predicted octanol–water partition coefficient (Wildman–Crippen LogP) is 11.1. The third-order valence-electron chi connectivity index (χ3n) is 17.4. The maximum absolute atomic E-state index is 15.2. The van der Waals surface area contributed by atoms with Gasteiger partial charge in [0.1, 0.15) is 0 Å². The maximum Gasteiger partial charge on any atom is 0.314 e. The minimum absolute atomic E-state index is 0.0260. The van der Waals surface area contributed by atoms with Crippen molar-refractivity contribution in [2.45, 2.75) is 151 Å². The number of hydrogen-bond acceptors (Lipinski definition) is 6. The fourth-order valence-corrected chi connectivity index (χ4v) is 14.0. The van der Waals surface area contributed by atoms with E-state index in [1.165, 1.54) is 5.57 Å². The van der Waals surface area contributed by atoms with Gasteiger partial charge in [-0.05, 0) is 128 Å². The SMILES string of the molecule is CCC(=O)N[C@H]1CC[C@@]2(C)[C@@H](CC[C@]3(C)[C@@H]2C(=O)C=C2[C@@H]4C[C@@](C)(C(=O)OC(c5ccccc5)c5ccccc5)CC[C@]4(C)CC[C@]23C)[C@]1(C)C(=O)OCC[Si](C)(C)C. The highest BCUT2D eigenvalue weighted by atomic mass is 28.3. The molecular weight excluding hydrogens is 751 g/mol. The lowest BCUT2D eigenvalue weighted by atomic mass is 9.33. The number of nitrogens with one attached hydrogen (secondary N) is 1. The van der Waals surface area contributed by atoms with E-state index in [2.05, 4.69) is 59.6 Å². The van der Waals surface area contributed by atoms with Crippen molar-refractivity contribution < 1.29 is 28.7 Å². The van der Waals surface area contributed by atoms with Gasteiger partial charge >= 0.3 is 11.9 Å². The first-order valence-corrected chi connectivity index (χ1v) is 26.4. The van der Waals surface area contributed by atoms with E-state index in [9.17, 15) is 14.4 Å². The number of ketones is 1. The summed E-state index contributed by atoms with van der Waals surface area (Å²) < 4.78 is 12.8. The van der Waals surface area contributed by atoms with Crippen LogP contribution in [0.2, 0.25) is 25.7 Å². The molecule has 2 aromatic rings. The Bertz CT molecular complexity index is 1940. The zero-order chi connectivity index (χ0) is 42.8. The van der Waals surface area contributed by atoms with Crippen molar-refractivity contribution in [2.75, 3.05) is 6.61 Å². The van der Waals surface area contributed by atoms with Crippen LogP contribution in [0.25, 0.3) is 0 Å². The molecule has 0 saturated heterocycles. The minimum Gasteiger partial charge on any atom is -0.466 e. The number of allylic oxidation sites excluding steroid dienone is 2. The van der Waals surface area contributed by atoms with Crippen molar-refractivity contribution >= 4 is 31.7 Å². The number of carbonyl (C=O) groups is 4. The van der Waals surface area contributed by atoms with Crippen LogP contribution < -0.4 is 5.32 Å². The van der Waals surface area contributed by atoms with Crippen molar-refractivity contribution in [1.82, 2.24) is 5.32 Å². The van der Waals surface area contributed by atoms with Crippen LogP contribution in [0.3, 0.4) is 0 Å². The lowest BCUT2D eigenvalue weighted by molar-refractivity contribution is -0.204. The molecule has 7 rings (SSSR count). The van der Waals surface area contributed by atoms with E-state index in [-0.39, 0.29) is 63.7 Å². The Morgan fingerprint density at radius 2 is 1.41 bits per heavy atom. The molecule has 2 aromatic carbocycles. The second-order valence-corrected chi connectivity index (χ2v) is 27.7. The van der Waals surface area contributed by atoms with Gasteiger partial charge in [0, 0.05) is 26.5 Å². The highest BCUT2D eigenvalue weighted by Crippen LogP contribution is 2.75. The molecule has 1 amide bonds. The summed E-state index contributed by atoms with van der Waals surface area (Å²) >= 11 is 0. The fraction of sp³-hybridized carbons (Fsp3) is 0.647. The van der Waals surface area contributed by atoms with Gasteiger partial charge in [0.25, 0.3) is 0 Å². The molecule has 4 fully saturated rings. The van der Waals surface area contributed by atoms with Crippen LogP contribution in [0.1, 0.15) is 130 Å².